The lowest BCUT2D eigenvalue weighted by Crippen LogP contribution is -2.37. The maximum absolute atomic E-state index is 9.54. The molecule has 2 aliphatic rings. The van der Waals surface area contributed by atoms with Crippen LogP contribution in [0.15, 0.2) is 24.3 Å². The Hall–Kier alpha value is -0.980. The number of aromatic hydroxyl groups is 1. The van der Waals surface area contributed by atoms with E-state index in [1.54, 1.807) is 0 Å². The van der Waals surface area contributed by atoms with Gasteiger partial charge in [0.05, 0.1) is 0 Å². The van der Waals surface area contributed by atoms with E-state index in [1.165, 1.54) is 76.2 Å². The molecule has 2 aliphatic carbocycles. The third-order valence-corrected chi connectivity index (χ3v) is 8.21. The molecule has 1 nitrogen and oxygen atoms in total. The van der Waals surface area contributed by atoms with Crippen molar-refractivity contribution in [1.82, 2.24) is 0 Å². The van der Waals surface area contributed by atoms with Gasteiger partial charge in [0.15, 0.2) is 0 Å². The molecule has 26 heavy (non-hydrogen) atoms. The first-order valence-corrected chi connectivity index (χ1v) is 11.3. The highest BCUT2D eigenvalue weighted by Crippen LogP contribution is 2.52. The van der Waals surface area contributed by atoms with Gasteiger partial charge in [-0.2, -0.15) is 0 Å². The molecule has 2 unspecified atom stereocenters. The van der Waals surface area contributed by atoms with E-state index >= 15 is 0 Å². The summed E-state index contributed by atoms with van der Waals surface area (Å²) in [7, 11) is 0. The molecule has 1 aromatic rings. The van der Waals surface area contributed by atoms with E-state index < -0.39 is 0 Å². The van der Waals surface area contributed by atoms with E-state index in [0.29, 0.717) is 17.1 Å². The Labute approximate surface area is 161 Å². The van der Waals surface area contributed by atoms with Gasteiger partial charge in [-0.25, -0.2) is 0 Å². The number of benzene rings is 1. The van der Waals surface area contributed by atoms with Gasteiger partial charge in [0.25, 0.3) is 0 Å². The average molecular weight is 357 g/mol. The van der Waals surface area contributed by atoms with Crippen molar-refractivity contribution >= 4 is 0 Å². The predicted octanol–water partition coefficient (Wildman–Crippen LogP) is 7.69. The van der Waals surface area contributed by atoms with Crippen LogP contribution in [0.3, 0.4) is 0 Å². The second-order valence-electron chi connectivity index (χ2n) is 9.52. The highest BCUT2D eigenvalue weighted by atomic mass is 16.3. The number of rotatable bonds is 6. The van der Waals surface area contributed by atoms with Gasteiger partial charge >= 0.3 is 0 Å². The number of phenolic OH excluding ortho intramolecular Hbond substituents is 1. The van der Waals surface area contributed by atoms with Crippen LogP contribution in [0.1, 0.15) is 103 Å². The van der Waals surface area contributed by atoms with Crippen LogP contribution in [0, 0.1) is 23.2 Å². The molecule has 2 atom stereocenters. The summed E-state index contributed by atoms with van der Waals surface area (Å²) in [6.45, 7) is 7.38. The van der Waals surface area contributed by atoms with Gasteiger partial charge < -0.3 is 5.11 Å². The Morgan fingerprint density at radius 2 is 1.50 bits per heavy atom. The Balaban J connectivity index is 1.59. The Bertz CT molecular complexity index is 526. The van der Waals surface area contributed by atoms with Crippen molar-refractivity contribution in [3.63, 3.8) is 0 Å². The summed E-state index contributed by atoms with van der Waals surface area (Å²) >= 11 is 0. The lowest BCUT2D eigenvalue weighted by atomic mass is 9.58. The van der Waals surface area contributed by atoms with E-state index in [0.717, 1.165) is 17.8 Å². The fourth-order valence-electron chi connectivity index (χ4n) is 6.38. The van der Waals surface area contributed by atoms with Gasteiger partial charge in [-0.15, -0.1) is 0 Å². The first kappa shape index (κ1) is 19.8. The van der Waals surface area contributed by atoms with Crippen LogP contribution >= 0.6 is 0 Å². The molecule has 0 aliphatic heterocycles. The largest absolute Gasteiger partial charge is 0.508 e. The lowest BCUT2D eigenvalue weighted by Gasteiger charge is -2.48. The molecule has 2 saturated carbocycles. The normalized spacial score (nSPS) is 28.4. The van der Waals surface area contributed by atoms with Crippen molar-refractivity contribution in [2.24, 2.45) is 23.2 Å². The average Bonchev–Trinajstić information content (AvgIpc) is 2.68. The molecule has 0 aromatic heterocycles. The summed E-state index contributed by atoms with van der Waals surface area (Å²) in [5, 5.41) is 9.54. The molecule has 0 bridgehead atoms. The Kier molecular flexibility index (Phi) is 6.70. The molecular formula is C25H40O. The predicted molar refractivity (Wildman–Crippen MR) is 112 cm³/mol. The van der Waals surface area contributed by atoms with Crippen molar-refractivity contribution in [2.75, 3.05) is 0 Å². The van der Waals surface area contributed by atoms with Crippen molar-refractivity contribution in [2.45, 2.75) is 97.3 Å². The van der Waals surface area contributed by atoms with Crippen molar-refractivity contribution < 1.29 is 5.11 Å². The summed E-state index contributed by atoms with van der Waals surface area (Å²) in [5.41, 5.74) is 2.06. The molecule has 0 saturated heterocycles. The molecule has 0 heterocycles. The molecule has 1 aromatic carbocycles. The van der Waals surface area contributed by atoms with Gasteiger partial charge in [0, 0.05) is 0 Å². The molecule has 2 fully saturated rings. The summed E-state index contributed by atoms with van der Waals surface area (Å²) in [5.74, 6) is 3.67. The molecule has 0 spiro atoms. The minimum absolute atomic E-state index is 0.382. The zero-order chi connectivity index (χ0) is 18.6. The quantitative estimate of drug-likeness (QED) is 0.554. The molecule has 0 radical (unpaired) electrons. The lowest BCUT2D eigenvalue weighted by molar-refractivity contribution is 0.0324. The summed E-state index contributed by atoms with van der Waals surface area (Å²) in [4.78, 5) is 0. The van der Waals surface area contributed by atoms with Crippen LogP contribution in [0.25, 0.3) is 0 Å². The van der Waals surface area contributed by atoms with Gasteiger partial charge in [-0.1, -0.05) is 58.6 Å². The summed E-state index contributed by atoms with van der Waals surface area (Å²) in [6, 6.07) is 7.92. The van der Waals surface area contributed by atoms with Gasteiger partial charge in [-0.05, 0) is 91.7 Å². The maximum atomic E-state index is 9.54. The third-order valence-electron chi connectivity index (χ3n) is 8.21. The van der Waals surface area contributed by atoms with E-state index in [-0.39, 0.29) is 0 Å². The van der Waals surface area contributed by atoms with Gasteiger partial charge in [0.1, 0.15) is 5.75 Å². The minimum atomic E-state index is 0.382. The Morgan fingerprint density at radius 1 is 0.923 bits per heavy atom. The van der Waals surface area contributed by atoms with Crippen LogP contribution in [-0.2, 0) is 0 Å². The van der Waals surface area contributed by atoms with Crippen LogP contribution < -0.4 is 0 Å². The molecule has 3 rings (SSSR count). The van der Waals surface area contributed by atoms with Crippen molar-refractivity contribution in [3.05, 3.63) is 29.8 Å². The smallest absolute Gasteiger partial charge is 0.115 e. The topological polar surface area (TPSA) is 20.2 Å². The third kappa shape index (κ3) is 4.29. The summed E-state index contributed by atoms with van der Waals surface area (Å²) < 4.78 is 0. The fourth-order valence-corrected chi connectivity index (χ4v) is 6.38. The first-order valence-electron chi connectivity index (χ1n) is 11.3. The molecule has 1 heteroatoms. The number of phenols is 1. The Morgan fingerprint density at radius 3 is 2.08 bits per heavy atom. The van der Waals surface area contributed by atoms with E-state index in [1.807, 2.05) is 12.1 Å². The van der Waals surface area contributed by atoms with E-state index in [2.05, 4.69) is 32.9 Å². The van der Waals surface area contributed by atoms with E-state index in [4.69, 9.17) is 0 Å². The van der Waals surface area contributed by atoms with Crippen molar-refractivity contribution in [1.29, 1.82) is 0 Å². The fraction of sp³-hybridized carbons (Fsp3) is 0.760. The van der Waals surface area contributed by atoms with Crippen LogP contribution in [0.2, 0.25) is 0 Å². The number of hydrogen-bond donors (Lipinski definition) is 1. The number of hydrogen-bond acceptors (Lipinski definition) is 1. The molecule has 146 valence electrons. The SMILES string of the molecule is CCCC1(C(C)C2CCC(C(C)c3ccc(O)cc3)CC2)CCCCC1. The highest BCUT2D eigenvalue weighted by molar-refractivity contribution is 5.28. The zero-order valence-corrected chi connectivity index (χ0v) is 17.3. The maximum Gasteiger partial charge on any atom is 0.115 e. The van der Waals surface area contributed by atoms with Crippen LogP contribution in [0.5, 0.6) is 5.75 Å². The second-order valence-corrected chi connectivity index (χ2v) is 9.52. The van der Waals surface area contributed by atoms with Crippen LogP contribution in [-0.4, -0.2) is 5.11 Å². The molecule has 0 amide bonds. The van der Waals surface area contributed by atoms with Crippen molar-refractivity contribution in [3.8, 4) is 5.75 Å². The minimum Gasteiger partial charge on any atom is -0.508 e. The molecule has 1 N–H and O–H groups in total. The van der Waals surface area contributed by atoms with E-state index in [9.17, 15) is 5.11 Å². The van der Waals surface area contributed by atoms with Gasteiger partial charge in [0.2, 0.25) is 0 Å². The second kappa shape index (κ2) is 8.81. The summed E-state index contributed by atoms with van der Waals surface area (Å²) in [6.07, 6.45) is 15.8. The standard InChI is InChI=1S/C25H40O/c1-4-16-25(17-6-5-7-18-25)20(3)23-10-8-21(9-11-23)19(2)22-12-14-24(26)15-13-22/h12-15,19-21,23,26H,4-11,16-18H2,1-3H3. The van der Waals surface area contributed by atoms with Crippen LogP contribution in [0.4, 0.5) is 0 Å². The monoisotopic (exact) mass is 356 g/mol. The zero-order valence-electron chi connectivity index (χ0n) is 17.3. The highest BCUT2D eigenvalue weighted by Gasteiger charge is 2.41. The molecular weight excluding hydrogens is 316 g/mol. The van der Waals surface area contributed by atoms with Gasteiger partial charge in [-0.3, -0.25) is 0 Å². The first-order chi connectivity index (χ1) is 12.6.